The second-order valence-corrected chi connectivity index (χ2v) is 4.67. The third-order valence-electron chi connectivity index (χ3n) is 3.35. The van der Waals surface area contributed by atoms with Crippen molar-refractivity contribution < 1.29 is 4.39 Å². The first-order valence-corrected chi connectivity index (χ1v) is 6.73. The average Bonchev–Trinajstić information content (AvgIpc) is 2.49. The molecule has 0 spiro atoms. The van der Waals surface area contributed by atoms with E-state index in [1.54, 1.807) is 24.3 Å². The molecule has 21 heavy (non-hydrogen) atoms. The van der Waals surface area contributed by atoms with Gasteiger partial charge in [0.1, 0.15) is 18.0 Å². The third-order valence-corrected chi connectivity index (χ3v) is 3.35. The first kappa shape index (κ1) is 13.3. The first-order valence-electron chi connectivity index (χ1n) is 6.73. The lowest BCUT2D eigenvalue weighted by molar-refractivity contribution is 0.625. The Balaban J connectivity index is 2.20. The van der Waals surface area contributed by atoms with Crippen LogP contribution < -0.4 is 10.6 Å². The van der Waals surface area contributed by atoms with E-state index in [2.05, 4.69) is 9.97 Å². The quantitative estimate of drug-likeness (QED) is 0.747. The predicted octanol–water partition coefficient (Wildman–Crippen LogP) is 3.51. The van der Waals surface area contributed by atoms with E-state index < -0.39 is 0 Å². The van der Waals surface area contributed by atoms with Crippen molar-refractivity contribution in [2.75, 3.05) is 17.2 Å². The maximum absolute atomic E-state index is 14.1. The van der Waals surface area contributed by atoms with E-state index in [1.807, 2.05) is 24.0 Å². The van der Waals surface area contributed by atoms with Crippen LogP contribution in [-0.2, 0) is 0 Å². The van der Waals surface area contributed by atoms with Crippen LogP contribution in [0.15, 0.2) is 48.8 Å². The van der Waals surface area contributed by atoms with Gasteiger partial charge in [0.25, 0.3) is 0 Å². The number of aromatic nitrogens is 2. The summed E-state index contributed by atoms with van der Waals surface area (Å²) in [5.41, 5.74) is 7.67. The van der Waals surface area contributed by atoms with E-state index >= 15 is 0 Å². The Hall–Kier alpha value is -2.69. The van der Waals surface area contributed by atoms with Gasteiger partial charge in [0, 0.05) is 17.6 Å². The summed E-state index contributed by atoms with van der Waals surface area (Å²) >= 11 is 0. The zero-order valence-electron chi connectivity index (χ0n) is 11.6. The molecule has 4 nitrogen and oxygen atoms in total. The number of nitrogens with zero attached hydrogens (tertiary/aromatic N) is 3. The minimum absolute atomic E-state index is 0.276. The van der Waals surface area contributed by atoms with Crippen molar-refractivity contribution in [2.24, 2.45) is 0 Å². The summed E-state index contributed by atoms with van der Waals surface area (Å²) in [7, 11) is 0. The van der Waals surface area contributed by atoms with Gasteiger partial charge in [0.2, 0.25) is 0 Å². The third kappa shape index (κ3) is 2.38. The Morgan fingerprint density at radius 1 is 1.14 bits per heavy atom. The summed E-state index contributed by atoms with van der Waals surface area (Å²) in [4.78, 5) is 10.4. The fraction of sp³-hybridized carbons (Fsp3) is 0.125. The minimum atomic E-state index is -0.276. The zero-order chi connectivity index (χ0) is 14.8. The van der Waals surface area contributed by atoms with Gasteiger partial charge in [0.15, 0.2) is 0 Å². The lowest BCUT2D eigenvalue weighted by Crippen LogP contribution is -2.19. The van der Waals surface area contributed by atoms with Gasteiger partial charge in [-0.05, 0) is 37.3 Å². The molecule has 0 aliphatic rings. The normalized spacial score (nSPS) is 10.8. The molecule has 0 amide bonds. The van der Waals surface area contributed by atoms with Gasteiger partial charge in [-0.1, -0.05) is 12.1 Å². The molecule has 0 aliphatic heterocycles. The molecule has 0 saturated heterocycles. The Morgan fingerprint density at radius 3 is 2.71 bits per heavy atom. The molecule has 0 radical (unpaired) electrons. The molecular weight excluding hydrogens is 267 g/mol. The number of fused-ring (bicyclic) bond motifs is 1. The van der Waals surface area contributed by atoms with Crippen LogP contribution in [0.2, 0.25) is 0 Å². The van der Waals surface area contributed by atoms with E-state index in [0.717, 1.165) is 10.9 Å². The van der Waals surface area contributed by atoms with Crippen LogP contribution in [0, 0.1) is 5.82 Å². The highest BCUT2D eigenvalue weighted by molar-refractivity contribution is 5.93. The minimum Gasteiger partial charge on any atom is -0.399 e. The number of hydrogen-bond donors (Lipinski definition) is 1. The van der Waals surface area contributed by atoms with E-state index in [-0.39, 0.29) is 5.82 Å². The standard InChI is InChI=1S/C16H15FN4/c1-2-21(15-6-4-3-5-13(15)17)16-12-8-7-11(18)9-14(12)19-10-20-16/h3-10H,2,18H2,1H3. The second kappa shape index (κ2) is 5.36. The van der Waals surface area contributed by atoms with Crippen molar-refractivity contribution in [1.82, 2.24) is 9.97 Å². The maximum Gasteiger partial charge on any atom is 0.146 e. The number of rotatable bonds is 3. The van der Waals surface area contributed by atoms with Gasteiger partial charge in [-0.15, -0.1) is 0 Å². The molecule has 0 unspecified atom stereocenters. The van der Waals surface area contributed by atoms with Gasteiger partial charge in [-0.3, -0.25) is 0 Å². The molecule has 2 aromatic carbocycles. The molecule has 0 saturated carbocycles. The number of anilines is 3. The van der Waals surface area contributed by atoms with Crippen molar-refractivity contribution >= 4 is 28.1 Å². The summed E-state index contributed by atoms with van der Waals surface area (Å²) in [5, 5.41) is 0.844. The van der Waals surface area contributed by atoms with E-state index in [9.17, 15) is 4.39 Å². The maximum atomic E-state index is 14.1. The summed E-state index contributed by atoms with van der Waals surface area (Å²) < 4.78 is 14.1. The van der Waals surface area contributed by atoms with Crippen molar-refractivity contribution in [2.45, 2.75) is 6.92 Å². The van der Waals surface area contributed by atoms with Crippen LogP contribution in [-0.4, -0.2) is 16.5 Å². The highest BCUT2D eigenvalue weighted by Gasteiger charge is 2.15. The Bertz CT molecular complexity index is 788. The van der Waals surface area contributed by atoms with Gasteiger partial charge in [-0.25, -0.2) is 14.4 Å². The Labute approximate surface area is 122 Å². The highest BCUT2D eigenvalue weighted by Crippen LogP contribution is 2.31. The molecule has 3 aromatic rings. The lowest BCUT2D eigenvalue weighted by atomic mass is 10.2. The van der Waals surface area contributed by atoms with Crippen LogP contribution >= 0.6 is 0 Å². The molecule has 0 bridgehead atoms. The number of para-hydroxylation sites is 1. The largest absolute Gasteiger partial charge is 0.399 e. The topological polar surface area (TPSA) is 55.0 Å². The van der Waals surface area contributed by atoms with Gasteiger partial charge >= 0.3 is 0 Å². The van der Waals surface area contributed by atoms with Gasteiger partial charge in [-0.2, -0.15) is 0 Å². The smallest absolute Gasteiger partial charge is 0.146 e. The van der Waals surface area contributed by atoms with Crippen molar-refractivity contribution in [3.05, 3.63) is 54.6 Å². The summed E-state index contributed by atoms with van der Waals surface area (Å²) in [6, 6.07) is 12.1. The van der Waals surface area contributed by atoms with E-state index in [1.165, 1.54) is 12.4 Å². The highest BCUT2D eigenvalue weighted by atomic mass is 19.1. The average molecular weight is 282 g/mol. The zero-order valence-corrected chi connectivity index (χ0v) is 11.6. The summed E-state index contributed by atoms with van der Waals surface area (Å²) in [6.07, 6.45) is 1.47. The monoisotopic (exact) mass is 282 g/mol. The lowest BCUT2D eigenvalue weighted by Gasteiger charge is -2.23. The fourth-order valence-electron chi connectivity index (χ4n) is 2.38. The van der Waals surface area contributed by atoms with E-state index in [0.29, 0.717) is 23.7 Å². The van der Waals surface area contributed by atoms with Crippen LogP contribution in [0.5, 0.6) is 0 Å². The molecular formula is C16H15FN4. The number of nitrogens with two attached hydrogens (primary N) is 1. The molecule has 2 N–H and O–H groups in total. The molecule has 0 atom stereocenters. The van der Waals surface area contributed by atoms with Crippen LogP contribution in [0.3, 0.4) is 0 Å². The SMILES string of the molecule is CCN(c1ccccc1F)c1ncnc2cc(N)ccc12. The van der Waals surface area contributed by atoms with Crippen LogP contribution in [0.1, 0.15) is 6.92 Å². The summed E-state index contributed by atoms with van der Waals surface area (Å²) in [6.45, 7) is 2.55. The molecule has 5 heteroatoms. The van der Waals surface area contributed by atoms with Crippen LogP contribution in [0.25, 0.3) is 10.9 Å². The number of halogens is 1. The van der Waals surface area contributed by atoms with Gasteiger partial charge in [0.05, 0.1) is 11.2 Å². The molecule has 106 valence electrons. The van der Waals surface area contributed by atoms with Crippen molar-refractivity contribution in [3.63, 3.8) is 0 Å². The molecule has 0 aliphatic carbocycles. The molecule has 3 rings (SSSR count). The Kier molecular flexibility index (Phi) is 3.39. The van der Waals surface area contributed by atoms with Crippen molar-refractivity contribution in [3.8, 4) is 0 Å². The molecule has 0 fully saturated rings. The van der Waals surface area contributed by atoms with Crippen LogP contribution in [0.4, 0.5) is 21.6 Å². The predicted molar refractivity (Wildman–Crippen MR) is 83.0 cm³/mol. The second-order valence-electron chi connectivity index (χ2n) is 4.67. The van der Waals surface area contributed by atoms with E-state index in [4.69, 9.17) is 5.73 Å². The molecule has 1 heterocycles. The Morgan fingerprint density at radius 2 is 1.95 bits per heavy atom. The van der Waals surface area contributed by atoms with Crippen molar-refractivity contribution in [1.29, 1.82) is 0 Å². The number of nitrogen functional groups attached to an aromatic ring is 1. The number of benzene rings is 2. The molecule has 1 aromatic heterocycles. The first-order chi connectivity index (χ1) is 10.2. The fourth-order valence-corrected chi connectivity index (χ4v) is 2.38. The summed E-state index contributed by atoms with van der Waals surface area (Å²) in [5.74, 6) is 0.397. The van der Waals surface area contributed by atoms with Gasteiger partial charge < -0.3 is 10.6 Å². The number of hydrogen-bond acceptors (Lipinski definition) is 4.